The summed E-state index contributed by atoms with van der Waals surface area (Å²) in [6.45, 7) is 5.25. The zero-order chi connectivity index (χ0) is 18.4. The molecule has 2 aromatic carbocycles. The highest BCUT2D eigenvalue weighted by atomic mass is 79.9. The Morgan fingerprint density at radius 1 is 1.04 bits per heavy atom. The molecule has 1 unspecified atom stereocenters. The standard InChI is InChI=1S/C19H20BrNO4/c1-12(2)24-19(23)14-7-9-16(10-8-14)21-18(22)13(3)25-17-6-4-5-15(20)11-17/h4-13H,1-3H3,(H,21,22). The van der Waals surface area contributed by atoms with E-state index in [-0.39, 0.29) is 18.0 Å². The second-order valence-corrected chi connectivity index (χ2v) is 6.65. The minimum atomic E-state index is -0.667. The van der Waals surface area contributed by atoms with Crippen LogP contribution in [-0.4, -0.2) is 24.1 Å². The molecule has 0 aliphatic heterocycles. The van der Waals surface area contributed by atoms with Crippen molar-refractivity contribution < 1.29 is 19.1 Å². The van der Waals surface area contributed by atoms with Crippen molar-refractivity contribution in [2.45, 2.75) is 33.0 Å². The number of carbonyl (C=O) groups is 2. The van der Waals surface area contributed by atoms with Crippen LogP contribution in [0.15, 0.2) is 53.0 Å². The monoisotopic (exact) mass is 405 g/mol. The fourth-order valence-electron chi connectivity index (χ4n) is 2.01. The number of hydrogen-bond donors (Lipinski definition) is 1. The van der Waals surface area contributed by atoms with E-state index in [9.17, 15) is 9.59 Å². The summed E-state index contributed by atoms with van der Waals surface area (Å²) in [4.78, 5) is 24.0. The largest absolute Gasteiger partial charge is 0.481 e. The summed E-state index contributed by atoms with van der Waals surface area (Å²) < 4.78 is 11.6. The molecule has 0 aromatic heterocycles. The average Bonchev–Trinajstić information content (AvgIpc) is 2.54. The van der Waals surface area contributed by atoms with Crippen molar-refractivity contribution in [2.75, 3.05) is 5.32 Å². The molecule has 0 fully saturated rings. The molecule has 132 valence electrons. The van der Waals surface area contributed by atoms with Gasteiger partial charge in [0.05, 0.1) is 11.7 Å². The Bertz CT molecular complexity index is 743. The maximum absolute atomic E-state index is 12.2. The van der Waals surface area contributed by atoms with E-state index in [2.05, 4.69) is 21.2 Å². The van der Waals surface area contributed by atoms with Crippen LogP contribution in [0, 0.1) is 0 Å². The molecule has 0 aliphatic carbocycles. The fraction of sp³-hybridized carbons (Fsp3) is 0.263. The van der Waals surface area contributed by atoms with Crippen LogP contribution in [0.5, 0.6) is 5.75 Å². The number of carbonyl (C=O) groups excluding carboxylic acids is 2. The van der Waals surface area contributed by atoms with E-state index in [1.807, 2.05) is 12.1 Å². The van der Waals surface area contributed by atoms with Crippen LogP contribution in [0.1, 0.15) is 31.1 Å². The molecular formula is C19H20BrNO4. The molecule has 0 heterocycles. The molecule has 0 aliphatic rings. The van der Waals surface area contributed by atoms with Crippen molar-refractivity contribution in [2.24, 2.45) is 0 Å². The molecule has 0 saturated heterocycles. The summed E-state index contributed by atoms with van der Waals surface area (Å²) in [6, 6.07) is 13.8. The van der Waals surface area contributed by atoms with Crippen molar-refractivity contribution in [1.29, 1.82) is 0 Å². The zero-order valence-corrected chi connectivity index (χ0v) is 15.9. The van der Waals surface area contributed by atoms with Gasteiger partial charge in [0.25, 0.3) is 5.91 Å². The van der Waals surface area contributed by atoms with Crippen LogP contribution in [0.2, 0.25) is 0 Å². The first-order valence-corrected chi connectivity index (χ1v) is 8.68. The van der Waals surface area contributed by atoms with Crippen LogP contribution in [0.25, 0.3) is 0 Å². The number of hydrogen-bond acceptors (Lipinski definition) is 4. The van der Waals surface area contributed by atoms with Gasteiger partial charge >= 0.3 is 5.97 Å². The van der Waals surface area contributed by atoms with Gasteiger partial charge in [-0.25, -0.2) is 4.79 Å². The third-order valence-corrected chi connectivity index (χ3v) is 3.70. The van der Waals surface area contributed by atoms with Gasteiger partial charge in [-0.2, -0.15) is 0 Å². The Balaban J connectivity index is 1.94. The number of amides is 1. The summed E-state index contributed by atoms with van der Waals surface area (Å²) in [7, 11) is 0. The van der Waals surface area contributed by atoms with Gasteiger partial charge in [0.2, 0.25) is 0 Å². The number of rotatable bonds is 6. The van der Waals surface area contributed by atoms with Crippen molar-refractivity contribution in [3.8, 4) is 5.75 Å². The van der Waals surface area contributed by atoms with Crippen LogP contribution in [0.4, 0.5) is 5.69 Å². The molecule has 0 saturated carbocycles. The third kappa shape index (κ3) is 5.90. The Labute approximate surface area is 155 Å². The van der Waals surface area contributed by atoms with Crippen molar-refractivity contribution in [3.05, 3.63) is 58.6 Å². The van der Waals surface area contributed by atoms with Crippen LogP contribution < -0.4 is 10.1 Å². The molecule has 1 N–H and O–H groups in total. The highest BCUT2D eigenvalue weighted by Gasteiger charge is 2.15. The first-order valence-electron chi connectivity index (χ1n) is 7.89. The molecule has 5 nitrogen and oxygen atoms in total. The van der Waals surface area contributed by atoms with E-state index in [0.29, 0.717) is 17.0 Å². The van der Waals surface area contributed by atoms with Crippen LogP contribution >= 0.6 is 15.9 Å². The Kier molecular flexibility index (Phi) is 6.58. The topological polar surface area (TPSA) is 64.6 Å². The molecule has 6 heteroatoms. The molecule has 1 atom stereocenters. The number of halogens is 1. The van der Waals surface area contributed by atoms with Gasteiger partial charge in [-0.3, -0.25) is 4.79 Å². The Morgan fingerprint density at radius 3 is 2.32 bits per heavy atom. The minimum absolute atomic E-state index is 0.178. The highest BCUT2D eigenvalue weighted by molar-refractivity contribution is 9.10. The van der Waals surface area contributed by atoms with Crippen molar-refractivity contribution in [3.63, 3.8) is 0 Å². The Hall–Kier alpha value is -2.34. The summed E-state index contributed by atoms with van der Waals surface area (Å²) in [5, 5.41) is 2.76. The van der Waals surface area contributed by atoms with Gasteiger partial charge in [-0.1, -0.05) is 22.0 Å². The second-order valence-electron chi connectivity index (χ2n) is 5.74. The number of esters is 1. The second kappa shape index (κ2) is 8.67. The van der Waals surface area contributed by atoms with Gasteiger partial charge in [0, 0.05) is 10.2 Å². The van der Waals surface area contributed by atoms with Gasteiger partial charge < -0.3 is 14.8 Å². The molecule has 2 rings (SSSR count). The van der Waals surface area contributed by atoms with Gasteiger partial charge in [-0.15, -0.1) is 0 Å². The maximum atomic E-state index is 12.2. The molecule has 25 heavy (non-hydrogen) atoms. The first kappa shape index (κ1) is 19.0. The number of anilines is 1. The van der Waals surface area contributed by atoms with Gasteiger partial charge in [0.15, 0.2) is 6.10 Å². The maximum Gasteiger partial charge on any atom is 0.338 e. The minimum Gasteiger partial charge on any atom is -0.481 e. The van der Waals surface area contributed by atoms with E-state index in [1.54, 1.807) is 57.2 Å². The van der Waals surface area contributed by atoms with Crippen molar-refractivity contribution in [1.82, 2.24) is 0 Å². The SMILES string of the molecule is CC(C)OC(=O)c1ccc(NC(=O)C(C)Oc2cccc(Br)c2)cc1. The zero-order valence-electron chi connectivity index (χ0n) is 14.3. The predicted octanol–water partition coefficient (Wildman–Crippen LogP) is 4.42. The molecule has 0 bridgehead atoms. The molecule has 1 amide bonds. The number of ether oxygens (including phenoxy) is 2. The van der Waals surface area contributed by atoms with E-state index in [4.69, 9.17) is 9.47 Å². The summed E-state index contributed by atoms with van der Waals surface area (Å²) >= 11 is 3.36. The van der Waals surface area contributed by atoms with Crippen LogP contribution in [-0.2, 0) is 9.53 Å². The summed E-state index contributed by atoms with van der Waals surface area (Å²) in [5.74, 6) is -0.0690. The predicted molar refractivity (Wildman–Crippen MR) is 99.9 cm³/mol. The lowest BCUT2D eigenvalue weighted by Gasteiger charge is -2.15. The Morgan fingerprint density at radius 2 is 1.72 bits per heavy atom. The lowest BCUT2D eigenvalue weighted by atomic mass is 10.2. The lowest BCUT2D eigenvalue weighted by Crippen LogP contribution is -2.30. The fourth-order valence-corrected chi connectivity index (χ4v) is 2.39. The van der Waals surface area contributed by atoms with Crippen LogP contribution in [0.3, 0.4) is 0 Å². The first-order chi connectivity index (χ1) is 11.8. The van der Waals surface area contributed by atoms with E-state index in [0.717, 1.165) is 4.47 Å². The van der Waals surface area contributed by atoms with Gasteiger partial charge in [-0.05, 0) is 63.2 Å². The third-order valence-electron chi connectivity index (χ3n) is 3.21. The lowest BCUT2D eigenvalue weighted by molar-refractivity contribution is -0.122. The summed E-state index contributed by atoms with van der Waals surface area (Å²) in [6.07, 6.45) is -0.845. The highest BCUT2D eigenvalue weighted by Crippen LogP contribution is 2.19. The van der Waals surface area contributed by atoms with Gasteiger partial charge in [0.1, 0.15) is 5.75 Å². The average molecular weight is 406 g/mol. The molecular weight excluding hydrogens is 386 g/mol. The molecule has 2 aromatic rings. The molecule has 0 spiro atoms. The number of benzene rings is 2. The van der Waals surface area contributed by atoms with Crippen molar-refractivity contribution >= 4 is 33.5 Å². The van der Waals surface area contributed by atoms with E-state index < -0.39 is 6.10 Å². The van der Waals surface area contributed by atoms with E-state index in [1.165, 1.54) is 0 Å². The molecule has 0 radical (unpaired) electrons. The summed E-state index contributed by atoms with van der Waals surface area (Å²) in [5.41, 5.74) is 1.01. The normalized spacial score (nSPS) is 11.7. The quantitative estimate of drug-likeness (QED) is 0.722. The van der Waals surface area contributed by atoms with E-state index >= 15 is 0 Å². The smallest absolute Gasteiger partial charge is 0.338 e. The number of nitrogens with one attached hydrogen (secondary N) is 1.